The maximum atomic E-state index is 14.2. The zero-order valence-electron chi connectivity index (χ0n) is 19.0. The quantitative estimate of drug-likeness (QED) is 0.455. The molecule has 0 heterocycles. The Morgan fingerprint density at radius 3 is 2.32 bits per heavy atom. The Kier molecular flexibility index (Phi) is 8.45. The number of benzene rings is 3. The molecule has 0 fully saturated rings. The second-order valence-corrected chi connectivity index (χ2v) is 7.45. The summed E-state index contributed by atoms with van der Waals surface area (Å²) >= 11 is 0. The van der Waals surface area contributed by atoms with Crippen molar-refractivity contribution in [2.45, 2.75) is 13.0 Å². The largest absolute Gasteiger partial charge is 0.493 e. The van der Waals surface area contributed by atoms with E-state index in [2.05, 4.69) is 0 Å². The predicted octanol–water partition coefficient (Wildman–Crippen LogP) is 4.19. The Labute approximate surface area is 197 Å². The summed E-state index contributed by atoms with van der Waals surface area (Å²) in [7, 11) is 3.11. The molecule has 0 spiro atoms. The molecule has 3 aromatic rings. The van der Waals surface area contributed by atoms with Gasteiger partial charge in [-0.15, -0.1) is 0 Å². The molecule has 0 saturated heterocycles. The highest BCUT2D eigenvalue weighted by atomic mass is 19.1. The zero-order valence-corrected chi connectivity index (χ0v) is 19.0. The number of hydrogen-bond donors (Lipinski definition) is 1. The smallest absolute Gasteiger partial charge is 0.339 e. The highest BCUT2D eigenvalue weighted by Gasteiger charge is 2.20. The molecule has 3 aromatic carbocycles. The van der Waals surface area contributed by atoms with Crippen molar-refractivity contribution in [1.82, 2.24) is 4.90 Å². The number of rotatable bonds is 11. The third-order valence-corrected chi connectivity index (χ3v) is 5.22. The van der Waals surface area contributed by atoms with Crippen molar-refractivity contribution in [2.24, 2.45) is 0 Å². The van der Waals surface area contributed by atoms with E-state index in [-0.39, 0.29) is 5.56 Å². The summed E-state index contributed by atoms with van der Waals surface area (Å²) in [6.07, 6.45) is 0.527. The van der Waals surface area contributed by atoms with Crippen LogP contribution in [0, 0.1) is 5.82 Å². The highest BCUT2D eigenvalue weighted by molar-refractivity contribution is 5.91. The Balaban J connectivity index is 1.75. The van der Waals surface area contributed by atoms with Crippen LogP contribution in [-0.4, -0.2) is 49.3 Å². The fraction of sp³-hybridized carbons (Fsp3) is 0.231. The van der Waals surface area contributed by atoms with Gasteiger partial charge in [-0.2, -0.15) is 0 Å². The minimum atomic E-state index is -1.34. The Morgan fingerprint density at radius 1 is 0.912 bits per heavy atom. The minimum absolute atomic E-state index is 0.319. The number of nitrogens with zero attached hydrogens (tertiary/aromatic N) is 1. The van der Waals surface area contributed by atoms with Crippen LogP contribution in [-0.2, 0) is 17.8 Å². The summed E-state index contributed by atoms with van der Waals surface area (Å²) < 4.78 is 30.1. The first kappa shape index (κ1) is 24.6. The Morgan fingerprint density at radius 2 is 1.65 bits per heavy atom. The number of ether oxygens (including phenoxy) is 3. The number of carboxylic acids is 1. The van der Waals surface area contributed by atoms with Crippen LogP contribution in [0.1, 0.15) is 21.5 Å². The van der Waals surface area contributed by atoms with Crippen LogP contribution in [0.2, 0.25) is 0 Å². The second kappa shape index (κ2) is 11.7. The van der Waals surface area contributed by atoms with Crippen LogP contribution in [0.3, 0.4) is 0 Å². The average Bonchev–Trinajstić information content (AvgIpc) is 2.85. The molecule has 0 aromatic heterocycles. The van der Waals surface area contributed by atoms with E-state index in [4.69, 9.17) is 14.2 Å². The number of para-hydroxylation sites is 1. The van der Waals surface area contributed by atoms with Gasteiger partial charge in [0, 0.05) is 13.1 Å². The molecule has 0 radical (unpaired) electrons. The molecule has 3 rings (SSSR count). The van der Waals surface area contributed by atoms with Gasteiger partial charge in [0.25, 0.3) is 5.91 Å². The molecular formula is C26H26FNO6. The molecule has 0 atom stereocenters. The summed E-state index contributed by atoms with van der Waals surface area (Å²) in [5, 5.41) is 9.29. The van der Waals surface area contributed by atoms with E-state index in [9.17, 15) is 19.1 Å². The van der Waals surface area contributed by atoms with Gasteiger partial charge in [-0.1, -0.05) is 42.5 Å². The molecule has 34 heavy (non-hydrogen) atoms. The van der Waals surface area contributed by atoms with Crippen molar-refractivity contribution in [3.05, 3.63) is 89.2 Å². The van der Waals surface area contributed by atoms with E-state index in [0.717, 1.165) is 17.2 Å². The fourth-order valence-corrected chi connectivity index (χ4v) is 3.45. The van der Waals surface area contributed by atoms with E-state index < -0.39 is 30.1 Å². The first-order valence-electron chi connectivity index (χ1n) is 10.6. The van der Waals surface area contributed by atoms with Crippen molar-refractivity contribution in [3.8, 4) is 17.2 Å². The molecule has 0 aliphatic rings. The van der Waals surface area contributed by atoms with Crippen molar-refractivity contribution in [2.75, 3.05) is 27.4 Å². The van der Waals surface area contributed by atoms with Gasteiger partial charge in [-0.3, -0.25) is 4.79 Å². The molecule has 0 aliphatic carbocycles. The van der Waals surface area contributed by atoms with Crippen LogP contribution in [0.4, 0.5) is 4.39 Å². The molecule has 1 amide bonds. The summed E-state index contributed by atoms with van der Waals surface area (Å²) in [5.41, 5.74) is 1.51. The molecule has 178 valence electrons. The highest BCUT2D eigenvalue weighted by Crippen LogP contribution is 2.28. The normalized spacial score (nSPS) is 10.4. The number of aromatic carboxylic acids is 1. The Hall–Kier alpha value is -4.07. The predicted molar refractivity (Wildman–Crippen MR) is 124 cm³/mol. The lowest BCUT2D eigenvalue weighted by Crippen LogP contribution is -2.36. The molecule has 0 aliphatic heterocycles. The number of methoxy groups -OCH3 is 2. The SMILES string of the molecule is COc1ccc(CCN(Cc2ccccc2)C(=O)COc2c(F)cccc2C(=O)O)cc1OC. The van der Waals surface area contributed by atoms with Crippen LogP contribution in [0.25, 0.3) is 0 Å². The van der Waals surface area contributed by atoms with Crippen LogP contribution >= 0.6 is 0 Å². The first-order valence-corrected chi connectivity index (χ1v) is 10.6. The number of carbonyl (C=O) groups is 2. The van der Waals surface area contributed by atoms with E-state index >= 15 is 0 Å². The van der Waals surface area contributed by atoms with Gasteiger partial charge in [-0.25, -0.2) is 9.18 Å². The van der Waals surface area contributed by atoms with Crippen LogP contribution in [0.5, 0.6) is 17.2 Å². The molecule has 0 unspecified atom stereocenters. The third-order valence-electron chi connectivity index (χ3n) is 5.22. The van der Waals surface area contributed by atoms with Gasteiger partial charge in [0.2, 0.25) is 0 Å². The number of carboxylic acid groups (broad SMARTS) is 1. The van der Waals surface area contributed by atoms with Gasteiger partial charge < -0.3 is 24.2 Å². The third kappa shape index (κ3) is 6.25. The molecule has 1 N–H and O–H groups in total. The molecule has 7 nitrogen and oxygen atoms in total. The van der Waals surface area contributed by atoms with Gasteiger partial charge >= 0.3 is 5.97 Å². The van der Waals surface area contributed by atoms with Crippen LogP contribution < -0.4 is 14.2 Å². The lowest BCUT2D eigenvalue weighted by Gasteiger charge is -2.23. The van der Waals surface area contributed by atoms with Crippen LogP contribution in [0.15, 0.2) is 66.7 Å². The minimum Gasteiger partial charge on any atom is -0.493 e. The molecule has 0 saturated carbocycles. The van der Waals surface area contributed by atoms with Gasteiger partial charge in [-0.05, 0) is 41.8 Å². The monoisotopic (exact) mass is 467 g/mol. The van der Waals surface area contributed by atoms with Gasteiger partial charge in [0.15, 0.2) is 29.7 Å². The first-order chi connectivity index (χ1) is 16.4. The topological polar surface area (TPSA) is 85.3 Å². The van der Waals surface area contributed by atoms with Crippen molar-refractivity contribution in [1.29, 1.82) is 0 Å². The van der Waals surface area contributed by atoms with E-state index in [1.165, 1.54) is 12.1 Å². The maximum Gasteiger partial charge on any atom is 0.339 e. The summed E-state index contributed by atoms with van der Waals surface area (Å²) in [6.45, 7) is 0.176. The lowest BCUT2D eigenvalue weighted by atomic mass is 10.1. The summed E-state index contributed by atoms with van der Waals surface area (Å²) in [6, 6.07) is 18.6. The van der Waals surface area contributed by atoms with Crippen molar-refractivity contribution in [3.63, 3.8) is 0 Å². The molecule has 8 heteroatoms. The number of amides is 1. The second-order valence-electron chi connectivity index (χ2n) is 7.45. The number of halogens is 1. The molecule has 0 bridgehead atoms. The van der Waals surface area contributed by atoms with Crippen molar-refractivity contribution >= 4 is 11.9 Å². The average molecular weight is 467 g/mol. The van der Waals surface area contributed by atoms with Crippen molar-refractivity contribution < 1.29 is 33.3 Å². The Bertz CT molecular complexity index is 1140. The summed E-state index contributed by atoms with van der Waals surface area (Å²) in [5.74, 6) is -1.84. The molecular weight excluding hydrogens is 441 g/mol. The fourth-order valence-electron chi connectivity index (χ4n) is 3.45. The zero-order chi connectivity index (χ0) is 24.5. The lowest BCUT2D eigenvalue weighted by molar-refractivity contribution is -0.134. The maximum absolute atomic E-state index is 14.2. The number of hydrogen-bond acceptors (Lipinski definition) is 5. The standard InChI is InChI=1S/C26H26FNO6/c1-32-22-12-11-18(15-23(22)33-2)13-14-28(16-19-7-4-3-5-8-19)24(29)17-34-25-20(26(30)31)9-6-10-21(25)27/h3-12,15H,13-14,16-17H2,1-2H3,(H,30,31). The van der Waals surface area contributed by atoms with Gasteiger partial charge in [0.1, 0.15) is 5.56 Å². The number of carbonyl (C=O) groups excluding carboxylic acids is 1. The van der Waals surface area contributed by atoms with Gasteiger partial charge in [0.05, 0.1) is 14.2 Å². The van der Waals surface area contributed by atoms with E-state index in [1.54, 1.807) is 25.2 Å². The van der Waals surface area contributed by atoms with E-state index in [0.29, 0.717) is 31.0 Å². The summed E-state index contributed by atoms with van der Waals surface area (Å²) in [4.78, 5) is 26.0. The van der Waals surface area contributed by atoms with E-state index in [1.807, 2.05) is 42.5 Å².